The van der Waals surface area contributed by atoms with Crippen molar-refractivity contribution in [3.8, 4) is 0 Å². The average molecular weight is 235 g/mol. The van der Waals surface area contributed by atoms with Gasteiger partial charge in [-0.2, -0.15) is 0 Å². The highest BCUT2D eigenvalue weighted by molar-refractivity contribution is 5.87. The molecule has 1 aliphatic rings. The van der Waals surface area contributed by atoms with Crippen molar-refractivity contribution >= 4 is 11.9 Å². The van der Waals surface area contributed by atoms with Crippen molar-refractivity contribution in [2.45, 2.75) is 26.2 Å². The average Bonchev–Trinajstić information content (AvgIpc) is 2.38. The van der Waals surface area contributed by atoms with Gasteiger partial charge in [0.1, 0.15) is 0 Å². The summed E-state index contributed by atoms with van der Waals surface area (Å²) < 4.78 is 4.69. The molecule has 0 unspecified atom stereocenters. The van der Waals surface area contributed by atoms with E-state index in [0.29, 0.717) is 11.6 Å². The number of esters is 1. The molecule has 2 rings (SSSR count). The Morgan fingerprint density at radius 1 is 1.29 bits per heavy atom. The summed E-state index contributed by atoms with van der Waals surface area (Å²) in [5, 5.41) is 0. The van der Waals surface area contributed by atoms with Crippen molar-refractivity contribution in [1.82, 2.24) is 9.97 Å². The summed E-state index contributed by atoms with van der Waals surface area (Å²) in [5.41, 5.74) is 1.13. The molecule has 1 aromatic rings. The molecule has 0 amide bonds. The molecule has 0 bridgehead atoms. The van der Waals surface area contributed by atoms with Gasteiger partial charge in [-0.25, -0.2) is 14.8 Å². The molecule has 0 spiro atoms. The minimum Gasteiger partial charge on any atom is -0.464 e. The van der Waals surface area contributed by atoms with Crippen LogP contribution in [0.25, 0.3) is 0 Å². The predicted octanol–water partition coefficient (Wildman–Crippen LogP) is 1.56. The van der Waals surface area contributed by atoms with E-state index >= 15 is 0 Å². The van der Waals surface area contributed by atoms with Gasteiger partial charge in [-0.05, 0) is 32.3 Å². The third-order valence-corrected chi connectivity index (χ3v) is 2.88. The summed E-state index contributed by atoms with van der Waals surface area (Å²) in [6.07, 6.45) is 3.57. The van der Waals surface area contributed by atoms with Crippen LogP contribution < -0.4 is 4.90 Å². The van der Waals surface area contributed by atoms with E-state index in [4.69, 9.17) is 0 Å². The number of aromatic nitrogens is 2. The Hall–Kier alpha value is -1.65. The fourth-order valence-corrected chi connectivity index (χ4v) is 2.00. The summed E-state index contributed by atoms with van der Waals surface area (Å²) in [7, 11) is 1.36. The van der Waals surface area contributed by atoms with Gasteiger partial charge in [0, 0.05) is 18.8 Å². The van der Waals surface area contributed by atoms with Gasteiger partial charge in [0.25, 0.3) is 0 Å². The standard InChI is InChI=1S/C12H17N3O2/c1-9-8-10(11(16)17-2)14-12(13-9)15-6-4-3-5-7-15/h8H,3-7H2,1-2H3. The van der Waals surface area contributed by atoms with Crippen LogP contribution in [-0.4, -0.2) is 36.1 Å². The number of methoxy groups -OCH3 is 1. The van der Waals surface area contributed by atoms with Gasteiger partial charge in [0.15, 0.2) is 5.69 Å². The van der Waals surface area contributed by atoms with E-state index in [9.17, 15) is 4.79 Å². The Morgan fingerprint density at radius 2 is 2.00 bits per heavy atom. The molecule has 0 aromatic carbocycles. The Kier molecular flexibility index (Phi) is 3.56. The molecule has 0 atom stereocenters. The lowest BCUT2D eigenvalue weighted by Gasteiger charge is -2.26. The van der Waals surface area contributed by atoms with E-state index < -0.39 is 5.97 Å². The van der Waals surface area contributed by atoms with Gasteiger partial charge in [0.05, 0.1) is 7.11 Å². The largest absolute Gasteiger partial charge is 0.464 e. The predicted molar refractivity (Wildman–Crippen MR) is 64.2 cm³/mol. The Balaban J connectivity index is 2.27. The van der Waals surface area contributed by atoms with Crippen molar-refractivity contribution in [3.63, 3.8) is 0 Å². The van der Waals surface area contributed by atoms with Crippen molar-refractivity contribution in [1.29, 1.82) is 0 Å². The number of carbonyl (C=O) groups excluding carboxylic acids is 1. The fourth-order valence-electron chi connectivity index (χ4n) is 2.00. The SMILES string of the molecule is COC(=O)c1cc(C)nc(N2CCCCC2)n1. The van der Waals surface area contributed by atoms with Crippen LogP contribution in [0.4, 0.5) is 5.95 Å². The molecule has 1 fully saturated rings. The Labute approximate surface area is 101 Å². The minimum absolute atomic E-state index is 0.334. The maximum Gasteiger partial charge on any atom is 0.356 e. The first-order chi connectivity index (χ1) is 8.20. The molecular weight excluding hydrogens is 218 g/mol. The van der Waals surface area contributed by atoms with Crippen LogP contribution in [0.5, 0.6) is 0 Å². The Morgan fingerprint density at radius 3 is 2.65 bits per heavy atom. The van der Waals surface area contributed by atoms with E-state index in [2.05, 4.69) is 19.6 Å². The lowest BCUT2D eigenvalue weighted by Crippen LogP contribution is -2.31. The van der Waals surface area contributed by atoms with Crippen LogP contribution in [0.2, 0.25) is 0 Å². The quantitative estimate of drug-likeness (QED) is 0.728. The van der Waals surface area contributed by atoms with Crippen molar-refractivity contribution in [2.24, 2.45) is 0 Å². The second kappa shape index (κ2) is 5.12. The van der Waals surface area contributed by atoms with Crippen molar-refractivity contribution in [3.05, 3.63) is 17.5 Å². The molecular formula is C12H17N3O2. The van der Waals surface area contributed by atoms with Gasteiger partial charge in [0.2, 0.25) is 5.95 Å². The summed E-state index contributed by atoms with van der Waals surface area (Å²) in [4.78, 5) is 22.2. The zero-order valence-electron chi connectivity index (χ0n) is 10.3. The number of nitrogens with zero attached hydrogens (tertiary/aromatic N) is 3. The molecule has 0 N–H and O–H groups in total. The van der Waals surface area contributed by atoms with Crippen LogP contribution >= 0.6 is 0 Å². The first-order valence-electron chi connectivity index (χ1n) is 5.89. The number of aryl methyl sites for hydroxylation is 1. The second-order valence-electron chi connectivity index (χ2n) is 4.23. The minimum atomic E-state index is -0.409. The maximum atomic E-state index is 11.5. The molecule has 2 heterocycles. The molecule has 17 heavy (non-hydrogen) atoms. The Bertz CT molecular complexity index is 414. The highest BCUT2D eigenvalue weighted by Crippen LogP contribution is 2.16. The lowest BCUT2D eigenvalue weighted by atomic mass is 10.1. The summed E-state index contributed by atoms with van der Waals surface area (Å²) in [6.45, 7) is 3.79. The normalized spacial score (nSPS) is 15.8. The number of piperidine rings is 1. The number of hydrogen-bond donors (Lipinski definition) is 0. The van der Waals surface area contributed by atoms with Gasteiger partial charge in [-0.1, -0.05) is 0 Å². The molecule has 0 saturated carbocycles. The van der Waals surface area contributed by atoms with Crippen LogP contribution in [-0.2, 0) is 4.74 Å². The van der Waals surface area contributed by atoms with Crippen molar-refractivity contribution in [2.75, 3.05) is 25.1 Å². The molecule has 0 aliphatic carbocycles. The molecule has 0 radical (unpaired) electrons. The zero-order valence-corrected chi connectivity index (χ0v) is 10.3. The third kappa shape index (κ3) is 2.72. The summed E-state index contributed by atoms with van der Waals surface area (Å²) >= 11 is 0. The number of anilines is 1. The monoisotopic (exact) mass is 235 g/mol. The second-order valence-corrected chi connectivity index (χ2v) is 4.23. The zero-order chi connectivity index (χ0) is 12.3. The number of hydrogen-bond acceptors (Lipinski definition) is 5. The van der Waals surface area contributed by atoms with E-state index in [-0.39, 0.29) is 0 Å². The molecule has 1 aromatic heterocycles. The van der Waals surface area contributed by atoms with E-state index in [1.54, 1.807) is 6.07 Å². The first kappa shape index (κ1) is 11.8. The van der Waals surface area contributed by atoms with Crippen LogP contribution in [0.15, 0.2) is 6.07 Å². The molecule has 1 saturated heterocycles. The maximum absolute atomic E-state index is 11.5. The fraction of sp³-hybridized carbons (Fsp3) is 0.583. The van der Waals surface area contributed by atoms with E-state index in [1.165, 1.54) is 13.5 Å². The first-order valence-corrected chi connectivity index (χ1v) is 5.89. The summed E-state index contributed by atoms with van der Waals surface area (Å²) in [6, 6.07) is 1.65. The molecule has 92 valence electrons. The van der Waals surface area contributed by atoms with Gasteiger partial charge >= 0.3 is 5.97 Å². The van der Waals surface area contributed by atoms with E-state index in [0.717, 1.165) is 31.6 Å². The van der Waals surface area contributed by atoms with Gasteiger partial charge in [-0.3, -0.25) is 0 Å². The van der Waals surface area contributed by atoms with Crippen LogP contribution in [0.3, 0.4) is 0 Å². The van der Waals surface area contributed by atoms with Gasteiger partial charge in [-0.15, -0.1) is 0 Å². The van der Waals surface area contributed by atoms with Gasteiger partial charge < -0.3 is 9.64 Å². The smallest absolute Gasteiger partial charge is 0.356 e. The lowest BCUT2D eigenvalue weighted by molar-refractivity contribution is 0.0593. The highest BCUT2D eigenvalue weighted by atomic mass is 16.5. The molecule has 5 nitrogen and oxygen atoms in total. The number of carbonyl (C=O) groups is 1. The summed E-state index contributed by atoms with van der Waals surface area (Å²) in [5.74, 6) is 0.235. The van der Waals surface area contributed by atoms with Crippen LogP contribution in [0.1, 0.15) is 35.4 Å². The number of ether oxygens (including phenoxy) is 1. The van der Waals surface area contributed by atoms with E-state index in [1.807, 2.05) is 6.92 Å². The van der Waals surface area contributed by atoms with Crippen LogP contribution in [0, 0.1) is 6.92 Å². The van der Waals surface area contributed by atoms with Crippen molar-refractivity contribution < 1.29 is 9.53 Å². The highest BCUT2D eigenvalue weighted by Gasteiger charge is 2.17. The molecule has 1 aliphatic heterocycles. The topological polar surface area (TPSA) is 55.3 Å². The molecule has 5 heteroatoms. The number of rotatable bonds is 2. The third-order valence-electron chi connectivity index (χ3n) is 2.88.